The lowest BCUT2D eigenvalue weighted by atomic mass is 10.2. The molecule has 0 bridgehead atoms. The zero-order chi connectivity index (χ0) is 14.5. The molecule has 104 valence electrons. The Balaban J connectivity index is 1.90. The summed E-state index contributed by atoms with van der Waals surface area (Å²) >= 11 is 0. The number of hydrogen-bond donors (Lipinski definition) is 2. The summed E-state index contributed by atoms with van der Waals surface area (Å²) in [6.45, 7) is 0.716. The lowest BCUT2D eigenvalue weighted by molar-refractivity contribution is 0.0696. The predicted octanol–water partition coefficient (Wildman–Crippen LogP) is 0.759. The third-order valence-electron chi connectivity index (χ3n) is 2.59. The van der Waals surface area contributed by atoms with Gasteiger partial charge in [0.25, 0.3) is 5.91 Å². The molecule has 1 aromatic heterocycles. The zero-order valence-corrected chi connectivity index (χ0v) is 10.5. The number of rotatable bonds is 6. The third kappa shape index (κ3) is 3.35. The molecule has 0 unspecified atom stereocenters. The van der Waals surface area contributed by atoms with Gasteiger partial charge in [0.15, 0.2) is 0 Å². The Kier molecular flexibility index (Phi) is 3.99. The first-order valence-corrected chi connectivity index (χ1v) is 5.84. The normalized spacial score (nSPS) is 10.2. The Labute approximate surface area is 114 Å². The first-order chi connectivity index (χ1) is 9.56. The van der Waals surface area contributed by atoms with Gasteiger partial charge in [0.05, 0.1) is 23.9 Å². The van der Waals surface area contributed by atoms with Crippen molar-refractivity contribution in [3.8, 4) is 5.75 Å². The highest BCUT2D eigenvalue weighted by atomic mass is 16.5. The molecule has 1 heterocycles. The van der Waals surface area contributed by atoms with Crippen LogP contribution in [0, 0.1) is 0 Å². The van der Waals surface area contributed by atoms with Gasteiger partial charge in [-0.1, -0.05) is 6.07 Å². The van der Waals surface area contributed by atoms with Crippen LogP contribution in [0.25, 0.3) is 0 Å². The monoisotopic (exact) mass is 275 g/mol. The molecule has 2 rings (SSSR count). The number of nitrogens with two attached hydrogens (primary N) is 1. The summed E-state index contributed by atoms with van der Waals surface area (Å²) in [5.74, 6) is -1.08. The van der Waals surface area contributed by atoms with E-state index in [2.05, 4.69) is 5.10 Å². The van der Waals surface area contributed by atoms with Crippen molar-refractivity contribution in [2.24, 2.45) is 5.73 Å². The van der Waals surface area contributed by atoms with Gasteiger partial charge in [-0.15, -0.1) is 0 Å². The van der Waals surface area contributed by atoms with Gasteiger partial charge in [-0.05, 0) is 18.2 Å². The summed E-state index contributed by atoms with van der Waals surface area (Å²) in [6, 6.07) is 6.21. The minimum Gasteiger partial charge on any atom is -0.492 e. The van der Waals surface area contributed by atoms with Crippen molar-refractivity contribution in [3.63, 3.8) is 0 Å². The van der Waals surface area contributed by atoms with Gasteiger partial charge in [-0.25, -0.2) is 4.79 Å². The van der Waals surface area contributed by atoms with Crippen LogP contribution in [-0.4, -0.2) is 33.4 Å². The number of nitrogens with zero attached hydrogens (tertiary/aromatic N) is 2. The van der Waals surface area contributed by atoms with Crippen molar-refractivity contribution in [2.75, 3.05) is 6.61 Å². The standard InChI is InChI=1S/C13H13N3O4/c14-12(17)10-7-15-16(8-10)4-5-20-11-3-1-2-9(6-11)13(18)19/h1-3,6-8H,4-5H2,(H2,14,17)(H,18,19). The average molecular weight is 275 g/mol. The van der Waals surface area contributed by atoms with Gasteiger partial charge in [0.1, 0.15) is 12.4 Å². The number of benzene rings is 1. The first-order valence-electron chi connectivity index (χ1n) is 5.84. The Hall–Kier alpha value is -2.83. The molecule has 0 fully saturated rings. The number of amides is 1. The molecule has 0 saturated heterocycles. The number of hydrogen-bond acceptors (Lipinski definition) is 4. The van der Waals surface area contributed by atoms with E-state index in [0.29, 0.717) is 24.5 Å². The van der Waals surface area contributed by atoms with Crippen LogP contribution in [-0.2, 0) is 6.54 Å². The number of aromatic carboxylic acids is 1. The van der Waals surface area contributed by atoms with E-state index in [0.717, 1.165) is 0 Å². The molecule has 7 nitrogen and oxygen atoms in total. The molecule has 0 aliphatic rings. The molecule has 3 N–H and O–H groups in total. The van der Waals surface area contributed by atoms with E-state index in [4.69, 9.17) is 15.6 Å². The van der Waals surface area contributed by atoms with Crippen LogP contribution in [0.2, 0.25) is 0 Å². The first kappa shape index (κ1) is 13.6. The van der Waals surface area contributed by atoms with E-state index in [1.54, 1.807) is 12.1 Å². The lowest BCUT2D eigenvalue weighted by Crippen LogP contribution is -2.11. The summed E-state index contributed by atoms with van der Waals surface area (Å²) in [7, 11) is 0. The molecule has 2 aromatic rings. The topological polar surface area (TPSA) is 107 Å². The van der Waals surface area contributed by atoms with Gasteiger partial charge in [-0.2, -0.15) is 5.10 Å². The number of ether oxygens (including phenoxy) is 1. The third-order valence-corrected chi connectivity index (χ3v) is 2.59. The van der Waals surface area contributed by atoms with Gasteiger partial charge < -0.3 is 15.6 Å². The van der Waals surface area contributed by atoms with Crippen LogP contribution in [0.15, 0.2) is 36.7 Å². The largest absolute Gasteiger partial charge is 0.492 e. The number of aromatic nitrogens is 2. The number of carboxylic acid groups (broad SMARTS) is 1. The van der Waals surface area contributed by atoms with Crippen molar-refractivity contribution >= 4 is 11.9 Å². The summed E-state index contributed by atoms with van der Waals surface area (Å²) in [6.07, 6.45) is 2.91. The molecule has 0 radical (unpaired) electrons. The second kappa shape index (κ2) is 5.87. The van der Waals surface area contributed by atoms with Crippen LogP contribution in [0.5, 0.6) is 5.75 Å². The fraction of sp³-hybridized carbons (Fsp3) is 0.154. The second-order valence-electron chi connectivity index (χ2n) is 4.04. The predicted molar refractivity (Wildman–Crippen MR) is 69.6 cm³/mol. The fourth-order valence-corrected chi connectivity index (χ4v) is 1.59. The Morgan fingerprint density at radius 3 is 2.80 bits per heavy atom. The molecule has 7 heteroatoms. The van der Waals surface area contributed by atoms with Crippen molar-refractivity contribution in [1.82, 2.24) is 9.78 Å². The molecule has 1 aromatic carbocycles. The molecule has 0 aliphatic carbocycles. The van der Waals surface area contributed by atoms with E-state index in [1.165, 1.54) is 29.2 Å². The molecule has 0 aliphatic heterocycles. The summed E-state index contributed by atoms with van der Waals surface area (Å²) in [5, 5.41) is 12.8. The van der Waals surface area contributed by atoms with Crippen molar-refractivity contribution in [2.45, 2.75) is 6.54 Å². The van der Waals surface area contributed by atoms with Crippen LogP contribution < -0.4 is 10.5 Å². The van der Waals surface area contributed by atoms with Crippen LogP contribution in [0.4, 0.5) is 0 Å². The molecular formula is C13H13N3O4. The number of primary amides is 1. The van der Waals surface area contributed by atoms with Gasteiger partial charge in [0.2, 0.25) is 0 Å². The Morgan fingerprint density at radius 1 is 1.35 bits per heavy atom. The summed E-state index contributed by atoms with van der Waals surface area (Å²) in [5.41, 5.74) is 5.61. The highest BCUT2D eigenvalue weighted by Crippen LogP contribution is 2.13. The van der Waals surface area contributed by atoms with E-state index < -0.39 is 11.9 Å². The van der Waals surface area contributed by atoms with Crippen molar-refractivity contribution in [3.05, 3.63) is 47.8 Å². The molecule has 20 heavy (non-hydrogen) atoms. The quantitative estimate of drug-likeness (QED) is 0.809. The minimum atomic E-state index is -1.01. The molecular weight excluding hydrogens is 262 g/mol. The number of carbonyl (C=O) groups excluding carboxylic acids is 1. The van der Waals surface area contributed by atoms with Crippen molar-refractivity contribution < 1.29 is 19.4 Å². The SMILES string of the molecule is NC(=O)c1cnn(CCOc2cccc(C(=O)O)c2)c1. The van der Waals surface area contributed by atoms with E-state index in [-0.39, 0.29) is 5.56 Å². The molecule has 0 spiro atoms. The minimum absolute atomic E-state index is 0.164. The number of carbonyl (C=O) groups is 2. The molecule has 0 saturated carbocycles. The molecule has 0 atom stereocenters. The molecule has 1 amide bonds. The number of carboxylic acids is 1. The van der Waals surface area contributed by atoms with Crippen LogP contribution in [0.1, 0.15) is 20.7 Å². The fourth-order valence-electron chi connectivity index (χ4n) is 1.59. The van der Waals surface area contributed by atoms with E-state index in [9.17, 15) is 9.59 Å². The maximum absolute atomic E-state index is 10.9. The second-order valence-corrected chi connectivity index (χ2v) is 4.04. The summed E-state index contributed by atoms with van der Waals surface area (Å²) < 4.78 is 6.96. The van der Waals surface area contributed by atoms with Gasteiger partial charge in [0, 0.05) is 6.20 Å². The highest BCUT2D eigenvalue weighted by molar-refractivity contribution is 5.92. The van der Waals surface area contributed by atoms with Gasteiger partial charge >= 0.3 is 5.97 Å². The zero-order valence-electron chi connectivity index (χ0n) is 10.5. The van der Waals surface area contributed by atoms with Crippen LogP contribution in [0.3, 0.4) is 0 Å². The lowest BCUT2D eigenvalue weighted by Gasteiger charge is -2.06. The van der Waals surface area contributed by atoms with Crippen LogP contribution >= 0.6 is 0 Å². The summed E-state index contributed by atoms with van der Waals surface area (Å²) in [4.78, 5) is 21.7. The van der Waals surface area contributed by atoms with E-state index >= 15 is 0 Å². The maximum atomic E-state index is 10.9. The smallest absolute Gasteiger partial charge is 0.335 e. The average Bonchev–Trinajstić information content (AvgIpc) is 2.88. The van der Waals surface area contributed by atoms with Gasteiger partial charge in [-0.3, -0.25) is 9.48 Å². The Bertz CT molecular complexity index is 636. The van der Waals surface area contributed by atoms with Crippen molar-refractivity contribution in [1.29, 1.82) is 0 Å². The maximum Gasteiger partial charge on any atom is 0.335 e. The Morgan fingerprint density at radius 2 is 2.15 bits per heavy atom. The van der Waals surface area contributed by atoms with E-state index in [1.807, 2.05) is 0 Å². The highest BCUT2D eigenvalue weighted by Gasteiger charge is 2.05.